The van der Waals surface area contributed by atoms with E-state index in [1.165, 1.54) is 161 Å². The zero-order valence-corrected chi connectivity index (χ0v) is 32.6. The second-order valence-corrected chi connectivity index (χ2v) is 15.6. The van der Waals surface area contributed by atoms with Gasteiger partial charge in [-0.1, -0.05) is 206 Å². The number of carbonyl (C=O) groups excluding carboxylic acids is 1. The summed E-state index contributed by atoms with van der Waals surface area (Å²) in [5.74, 6) is -0.223. The van der Waals surface area contributed by atoms with E-state index in [9.17, 15) is 14.5 Å². The molecule has 0 fully saturated rings. The minimum atomic E-state index is -4.71. The zero-order valence-electron chi connectivity index (χ0n) is 31.7. The summed E-state index contributed by atoms with van der Waals surface area (Å²) in [7, 11) is -4.71. The fourth-order valence-electron chi connectivity index (χ4n) is 6.34. The number of hydrogen-bond donors (Lipinski definition) is 4. The van der Waals surface area contributed by atoms with E-state index in [0.29, 0.717) is 6.42 Å². The molecule has 0 aliphatic carbocycles. The van der Waals surface area contributed by atoms with Gasteiger partial charge in [-0.15, -0.1) is 0 Å². The summed E-state index contributed by atoms with van der Waals surface area (Å²) in [6.45, 7) is 4.08. The summed E-state index contributed by atoms with van der Waals surface area (Å²) in [6.07, 6.45) is 42.3. The van der Waals surface area contributed by atoms with Gasteiger partial charge in [0.05, 0.1) is 18.8 Å². The fourth-order valence-corrected chi connectivity index (χ4v) is 6.70. The molecule has 4 N–H and O–H groups in total. The Morgan fingerprint density at radius 2 is 0.917 bits per heavy atom. The average Bonchev–Trinajstić information content (AvgIpc) is 3.05. The topological polar surface area (TPSA) is 116 Å². The van der Waals surface area contributed by atoms with Crippen molar-refractivity contribution >= 4 is 13.7 Å². The monoisotopic (exact) mass is 702 g/mol. The lowest BCUT2D eigenvalue weighted by molar-refractivity contribution is -0.123. The highest BCUT2D eigenvalue weighted by atomic mass is 31.2. The molecule has 0 aliphatic rings. The Morgan fingerprint density at radius 3 is 1.27 bits per heavy atom. The van der Waals surface area contributed by atoms with Gasteiger partial charge in [0.1, 0.15) is 0 Å². The Labute approximate surface area is 297 Å². The number of aliphatic hydroxyl groups is 1. The largest absolute Gasteiger partial charge is 0.469 e. The molecule has 0 aromatic rings. The van der Waals surface area contributed by atoms with Gasteiger partial charge in [-0.25, -0.2) is 4.57 Å². The second-order valence-electron chi connectivity index (χ2n) is 14.3. The summed E-state index contributed by atoms with van der Waals surface area (Å²) in [5.41, 5.74) is 0. The van der Waals surface area contributed by atoms with Crippen LogP contribution in [0.1, 0.15) is 219 Å². The molecule has 1 amide bonds. The minimum Gasteiger partial charge on any atom is -0.387 e. The average molecular weight is 702 g/mol. The van der Waals surface area contributed by atoms with Crippen molar-refractivity contribution in [3.05, 3.63) is 12.2 Å². The third kappa shape index (κ3) is 36.6. The van der Waals surface area contributed by atoms with E-state index in [2.05, 4.69) is 23.7 Å². The van der Waals surface area contributed by atoms with E-state index in [1.807, 2.05) is 6.08 Å². The molecule has 286 valence electrons. The second kappa shape index (κ2) is 36.1. The molecule has 0 aromatic heterocycles. The number of hydrogen-bond acceptors (Lipinski definition) is 4. The lowest BCUT2D eigenvalue weighted by atomic mass is 10.0. The molecule has 0 aromatic carbocycles. The lowest BCUT2D eigenvalue weighted by Gasteiger charge is -2.22. The van der Waals surface area contributed by atoms with Gasteiger partial charge in [0.25, 0.3) is 0 Å². The Hall–Kier alpha value is -0.720. The molecule has 0 radical (unpaired) electrons. The summed E-state index contributed by atoms with van der Waals surface area (Å²) < 4.78 is 15.9. The predicted octanol–water partition coefficient (Wildman–Crippen LogP) is 12.0. The first-order chi connectivity index (χ1) is 23.3. The van der Waals surface area contributed by atoms with Crippen molar-refractivity contribution in [1.29, 1.82) is 0 Å². The van der Waals surface area contributed by atoms with Crippen LogP contribution in [0, 0.1) is 0 Å². The molecule has 0 aliphatic heterocycles. The van der Waals surface area contributed by atoms with Gasteiger partial charge in [-0.05, 0) is 19.3 Å². The molecule has 2 atom stereocenters. The summed E-state index contributed by atoms with van der Waals surface area (Å²) in [5, 5.41) is 13.4. The van der Waals surface area contributed by atoms with Crippen LogP contribution in [0.5, 0.6) is 0 Å². The fraction of sp³-hybridized carbons (Fsp3) is 0.925. The number of amides is 1. The minimum absolute atomic E-state index is 0.223. The van der Waals surface area contributed by atoms with Crippen LogP contribution >= 0.6 is 7.82 Å². The maximum atomic E-state index is 12.6. The first kappa shape index (κ1) is 47.3. The quantitative estimate of drug-likeness (QED) is 0.0289. The molecule has 0 rings (SSSR count). The van der Waals surface area contributed by atoms with Gasteiger partial charge in [-0.3, -0.25) is 9.32 Å². The van der Waals surface area contributed by atoms with Gasteiger partial charge in [0.15, 0.2) is 0 Å². The van der Waals surface area contributed by atoms with Crippen molar-refractivity contribution in [1.82, 2.24) is 5.32 Å². The van der Waals surface area contributed by atoms with Crippen LogP contribution in [0.4, 0.5) is 0 Å². The molecule has 0 bridgehead atoms. The number of phosphoric ester groups is 1. The van der Waals surface area contributed by atoms with E-state index in [4.69, 9.17) is 9.79 Å². The van der Waals surface area contributed by atoms with Gasteiger partial charge in [0, 0.05) is 6.42 Å². The standard InChI is InChI=1S/C40H80NO6P/c1-3-5-7-9-11-13-15-17-19-20-22-24-26-28-30-32-34-36-40(43)41-38(37-47-48(44,45)46)39(42)35-33-31-29-27-25-23-21-18-16-14-12-10-8-6-4-2/h33,35,38-39,42H,3-32,34,36-37H2,1-2H3,(H,41,43)(H2,44,45,46)/b35-33+/t38-,39+/m0/s1. The third-order valence-corrected chi connectivity index (χ3v) is 9.98. The highest BCUT2D eigenvalue weighted by Gasteiger charge is 2.24. The number of aliphatic hydroxyl groups excluding tert-OH is 1. The van der Waals surface area contributed by atoms with Gasteiger partial charge < -0.3 is 20.2 Å². The summed E-state index contributed by atoms with van der Waals surface area (Å²) in [4.78, 5) is 30.8. The van der Waals surface area contributed by atoms with Crippen molar-refractivity contribution in [2.45, 2.75) is 231 Å². The normalized spacial score (nSPS) is 13.4. The molecule has 0 saturated carbocycles. The van der Waals surface area contributed by atoms with Crippen LogP contribution in [0.25, 0.3) is 0 Å². The highest BCUT2D eigenvalue weighted by molar-refractivity contribution is 7.46. The van der Waals surface area contributed by atoms with Crippen LogP contribution in [0.3, 0.4) is 0 Å². The molecular formula is C40H80NO6P. The van der Waals surface area contributed by atoms with E-state index in [1.54, 1.807) is 6.08 Å². The third-order valence-electron chi connectivity index (χ3n) is 9.50. The SMILES string of the molecule is CCCCCCCCCCCCCCC/C=C/[C@@H](O)[C@H](COP(=O)(O)O)NC(=O)CCCCCCCCCCCCCCCCCCC. The highest BCUT2D eigenvalue weighted by Crippen LogP contribution is 2.35. The van der Waals surface area contributed by atoms with E-state index < -0.39 is 26.6 Å². The van der Waals surface area contributed by atoms with Crippen molar-refractivity contribution in [3.8, 4) is 0 Å². The smallest absolute Gasteiger partial charge is 0.387 e. The number of carbonyl (C=O) groups is 1. The van der Waals surface area contributed by atoms with Crippen LogP contribution in [-0.4, -0.2) is 39.6 Å². The molecule has 48 heavy (non-hydrogen) atoms. The Bertz CT molecular complexity index is 758. The predicted molar refractivity (Wildman–Crippen MR) is 204 cm³/mol. The molecule has 8 heteroatoms. The number of allylic oxidation sites excluding steroid dienone is 1. The molecule has 0 saturated heterocycles. The Balaban J connectivity index is 3.95. The number of rotatable bonds is 38. The van der Waals surface area contributed by atoms with Crippen molar-refractivity contribution in [3.63, 3.8) is 0 Å². The van der Waals surface area contributed by atoms with Crippen molar-refractivity contribution in [2.24, 2.45) is 0 Å². The zero-order chi connectivity index (χ0) is 35.4. The number of nitrogens with one attached hydrogen (secondary N) is 1. The molecule has 0 heterocycles. The molecular weight excluding hydrogens is 621 g/mol. The van der Waals surface area contributed by atoms with Crippen LogP contribution in [-0.2, 0) is 13.9 Å². The molecule has 0 spiro atoms. The van der Waals surface area contributed by atoms with E-state index >= 15 is 0 Å². The molecule has 7 nitrogen and oxygen atoms in total. The van der Waals surface area contributed by atoms with E-state index in [0.717, 1.165) is 38.5 Å². The Kier molecular flexibility index (Phi) is 35.5. The van der Waals surface area contributed by atoms with Crippen LogP contribution < -0.4 is 5.32 Å². The maximum absolute atomic E-state index is 12.6. The lowest BCUT2D eigenvalue weighted by Crippen LogP contribution is -2.45. The van der Waals surface area contributed by atoms with Gasteiger partial charge in [0.2, 0.25) is 5.91 Å². The van der Waals surface area contributed by atoms with E-state index in [-0.39, 0.29) is 5.91 Å². The summed E-state index contributed by atoms with van der Waals surface area (Å²) >= 11 is 0. The number of phosphoric acid groups is 1. The van der Waals surface area contributed by atoms with Crippen molar-refractivity contribution in [2.75, 3.05) is 6.61 Å². The van der Waals surface area contributed by atoms with Crippen LogP contribution in [0.2, 0.25) is 0 Å². The maximum Gasteiger partial charge on any atom is 0.469 e. The number of unbranched alkanes of at least 4 members (excludes halogenated alkanes) is 29. The first-order valence-electron chi connectivity index (χ1n) is 20.6. The Morgan fingerprint density at radius 1 is 0.583 bits per heavy atom. The first-order valence-corrected chi connectivity index (χ1v) is 22.2. The van der Waals surface area contributed by atoms with Gasteiger partial charge in [-0.2, -0.15) is 0 Å². The summed E-state index contributed by atoms with van der Waals surface area (Å²) in [6, 6.07) is -0.904. The van der Waals surface area contributed by atoms with Gasteiger partial charge >= 0.3 is 7.82 Å². The molecule has 0 unspecified atom stereocenters. The van der Waals surface area contributed by atoms with Crippen LogP contribution in [0.15, 0.2) is 12.2 Å². The van der Waals surface area contributed by atoms with Crippen molar-refractivity contribution < 1.29 is 28.8 Å².